The molecule has 0 bridgehead atoms. The van der Waals surface area contributed by atoms with E-state index in [-0.39, 0.29) is 23.0 Å². The van der Waals surface area contributed by atoms with Crippen molar-refractivity contribution in [2.75, 3.05) is 18.4 Å². The number of carbonyl (C=O) groups is 2. The lowest BCUT2D eigenvalue weighted by atomic mass is 9.94. The quantitative estimate of drug-likeness (QED) is 0.340. The predicted octanol–water partition coefficient (Wildman–Crippen LogP) is 7.09. The molecular weight excluding hydrogens is 504 g/mol. The Kier molecular flexibility index (Phi) is 7.97. The molecular formula is C29H35ClN2O4Si. The Morgan fingerprint density at radius 3 is 2.43 bits per heavy atom. The normalized spacial score (nSPS) is 18.5. The number of piperidine rings is 1. The fourth-order valence-electron chi connectivity index (χ4n) is 4.30. The van der Waals surface area contributed by atoms with Gasteiger partial charge in [-0.05, 0) is 73.1 Å². The maximum absolute atomic E-state index is 13.7. The second-order valence-electron chi connectivity index (χ2n) is 11.2. The fraction of sp³-hybridized carbons (Fsp3) is 0.379. The smallest absolute Gasteiger partial charge is 0.253 e. The molecule has 37 heavy (non-hydrogen) atoms. The topological polar surface area (TPSA) is 71.8 Å². The number of likely N-dealkylation sites (tertiary alicyclic amines) is 1. The van der Waals surface area contributed by atoms with E-state index < -0.39 is 14.2 Å². The number of nitrogens with zero attached hydrogens (tertiary/aromatic N) is 1. The monoisotopic (exact) mass is 538 g/mol. The number of anilines is 1. The van der Waals surface area contributed by atoms with Crippen molar-refractivity contribution in [1.29, 1.82) is 0 Å². The number of rotatable bonds is 6. The first-order valence-electron chi connectivity index (χ1n) is 12.6. The van der Waals surface area contributed by atoms with Crippen molar-refractivity contribution >= 4 is 37.4 Å². The number of carbonyl (C=O) groups excluding carboxylic acids is 2. The summed E-state index contributed by atoms with van der Waals surface area (Å²) in [6, 6.07) is 18.1. The van der Waals surface area contributed by atoms with Gasteiger partial charge in [-0.25, -0.2) is 0 Å². The van der Waals surface area contributed by atoms with Gasteiger partial charge in [0, 0.05) is 34.9 Å². The van der Waals surface area contributed by atoms with Gasteiger partial charge in [-0.2, -0.15) is 0 Å². The van der Waals surface area contributed by atoms with Crippen LogP contribution in [0.15, 0.2) is 71.3 Å². The molecule has 0 aliphatic carbocycles. The lowest BCUT2D eigenvalue weighted by Crippen LogP contribution is -2.54. The van der Waals surface area contributed by atoms with Crippen LogP contribution in [-0.4, -0.2) is 44.2 Å². The summed E-state index contributed by atoms with van der Waals surface area (Å²) in [5.74, 6) is 0.0401. The van der Waals surface area contributed by atoms with Gasteiger partial charge >= 0.3 is 0 Å². The van der Waals surface area contributed by atoms with Crippen LogP contribution in [0.25, 0.3) is 11.3 Å². The summed E-state index contributed by atoms with van der Waals surface area (Å²) in [6.45, 7) is 11.7. The molecule has 2 unspecified atom stereocenters. The average Bonchev–Trinajstić information content (AvgIpc) is 3.39. The summed E-state index contributed by atoms with van der Waals surface area (Å²) in [5.41, 5.74) is 2.06. The van der Waals surface area contributed by atoms with Crippen LogP contribution in [0, 0.1) is 5.92 Å². The Bertz CT molecular complexity index is 1240. The Labute approximate surface area is 225 Å². The minimum absolute atomic E-state index is 0.0116. The van der Waals surface area contributed by atoms with Crippen LogP contribution in [0.4, 0.5) is 5.69 Å². The molecule has 1 aliphatic heterocycles. The lowest BCUT2D eigenvalue weighted by molar-refractivity contribution is -0.122. The number of nitrogens with one attached hydrogen (secondary N) is 1. The molecule has 2 amide bonds. The lowest BCUT2D eigenvalue weighted by Gasteiger charge is -2.44. The molecule has 0 spiro atoms. The van der Waals surface area contributed by atoms with E-state index in [0.717, 1.165) is 5.56 Å². The largest absolute Gasteiger partial charge is 0.464 e. The van der Waals surface area contributed by atoms with Gasteiger partial charge in [0.1, 0.15) is 5.76 Å². The van der Waals surface area contributed by atoms with Gasteiger partial charge in [0.2, 0.25) is 5.91 Å². The van der Waals surface area contributed by atoms with E-state index >= 15 is 0 Å². The number of benzene rings is 2. The molecule has 2 atom stereocenters. The molecule has 8 heteroatoms. The Morgan fingerprint density at radius 1 is 1.05 bits per heavy atom. The summed E-state index contributed by atoms with van der Waals surface area (Å²) < 4.78 is 12.2. The molecule has 196 valence electrons. The SMILES string of the molecule is CC(C)(C)[Si](C)(C)OC1CC(C(=O)Nc2ccc(Cl)cc2)CN(C(=O)c2cccc(-c3ccco3)c2)C1. The highest BCUT2D eigenvalue weighted by molar-refractivity contribution is 6.74. The first-order valence-corrected chi connectivity index (χ1v) is 15.9. The summed E-state index contributed by atoms with van der Waals surface area (Å²) in [7, 11) is -2.12. The number of halogens is 1. The standard InChI is InChI=1S/C29H35ClN2O4Si/c1-29(2,3)37(4,5)36-25-17-22(27(33)31-24-13-11-23(30)12-14-24)18-32(19-25)28(34)21-9-6-8-20(16-21)26-10-7-15-35-26/h6-16,22,25H,17-19H2,1-5H3,(H,31,33). The molecule has 2 aromatic carbocycles. The van der Waals surface area contributed by atoms with E-state index in [4.69, 9.17) is 20.4 Å². The van der Waals surface area contributed by atoms with Gasteiger partial charge < -0.3 is 19.1 Å². The predicted molar refractivity (Wildman–Crippen MR) is 150 cm³/mol. The molecule has 6 nitrogen and oxygen atoms in total. The van der Waals surface area contributed by atoms with Crippen LogP contribution in [0.5, 0.6) is 0 Å². The van der Waals surface area contributed by atoms with Crippen LogP contribution in [0.3, 0.4) is 0 Å². The third-order valence-corrected chi connectivity index (χ3v) is 12.2. The van der Waals surface area contributed by atoms with Gasteiger partial charge in [-0.15, -0.1) is 0 Å². The average molecular weight is 539 g/mol. The zero-order valence-electron chi connectivity index (χ0n) is 22.1. The molecule has 3 aromatic rings. The number of amides is 2. The van der Waals surface area contributed by atoms with E-state index in [2.05, 4.69) is 39.2 Å². The number of hydrogen-bond acceptors (Lipinski definition) is 4. The highest BCUT2D eigenvalue weighted by Gasteiger charge is 2.42. The van der Waals surface area contributed by atoms with Crippen molar-refractivity contribution < 1.29 is 18.4 Å². The maximum Gasteiger partial charge on any atom is 0.253 e. The zero-order valence-corrected chi connectivity index (χ0v) is 23.8. The minimum atomic E-state index is -2.12. The molecule has 1 fully saturated rings. The van der Waals surface area contributed by atoms with Gasteiger partial charge in [-0.3, -0.25) is 9.59 Å². The van der Waals surface area contributed by atoms with Crippen LogP contribution < -0.4 is 5.32 Å². The van der Waals surface area contributed by atoms with E-state index in [1.807, 2.05) is 30.3 Å². The number of furan rings is 1. The molecule has 1 saturated heterocycles. The van der Waals surface area contributed by atoms with Crippen LogP contribution >= 0.6 is 11.6 Å². The second kappa shape index (κ2) is 10.9. The van der Waals surface area contributed by atoms with Crippen molar-refractivity contribution in [2.45, 2.75) is 51.4 Å². The molecule has 2 heterocycles. The Hall–Kier alpha value is -2.87. The summed E-state index contributed by atoms with van der Waals surface area (Å²) in [5, 5.41) is 3.60. The van der Waals surface area contributed by atoms with Crippen molar-refractivity contribution in [1.82, 2.24) is 4.90 Å². The van der Waals surface area contributed by atoms with Crippen molar-refractivity contribution in [3.63, 3.8) is 0 Å². The van der Waals surface area contributed by atoms with Gasteiger partial charge in [0.05, 0.1) is 18.3 Å². The molecule has 0 saturated carbocycles. The number of hydrogen-bond donors (Lipinski definition) is 1. The maximum atomic E-state index is 13.7. The fourth-order valence-corrected chi connectivity index (χ4v) is 5.78. The molecule has 0 radical (unpaired) electrons. The molecule has 4 rings (SSSR count). The van der Waals surface area contributed by atoms with E-state index in [9.17, 15) is 9.59 Å². The molecule has 1 N–H and O–H groups in total. The van der Waals surface area contributed by atoms with E-state index in [1.54, 1.807) is 41.5 Å². The third-order valence-electron chi connectivity index (χ3n) is 7.36. The van der Waals surface area contributed by atoms with Crippen LogP contribution in [-0.2, 0) is 9.22 Å². The van der Waals surface area contributed by atoms with Gasteiger partial charge in [0.25, 0.3) is 5.91 Å². The van der Waals surface area contributed by atoms with Gasteiger partial charge in [0.15, 0.2) is 8.32 Å². The van der Waals surface area contributed by atoms with E-state index in [0.29, 0.717) is 41.5 Å². The highest BCUT2D eigenvalue weighted by atomic mass is 35.5. The first-order chi connectivity index (χ1) is 17.4. The van der Waals surface area contributed by atoms with Crippen LogP contribution in [0.1, 0.15) is 37.6 Å². The molecule has 1 aromatic heterocycles. The van der Waals surface area contributed by atoms with E-state index in [1.165, 1.54) is 0 Å². The minimum Gasteiger partial charge on any atom is -0.464 e. The van der Waals surface area contributed by atoms with Crippen LogP contribution in [0.2, 0.25) is 23.2 Å². The second-order valence-corrected chi connectivity index (χ2v) is 16.4. The zero-order chi connectivity index (χ0) is 26.8. The highest BCUT2D eigenvalue weighted by Crippen LogP contribution is 2.39. The Balaban J connectivity index is 1.58. The first kappa shape index (κ1) is 27.2. The summed E-state index contributed by atoms with van der Waals surface area (Å²) in [4.78, 5) is 28.8. The van der Waals surface area contributed by atoms with Crippen molar-refractivity contribution in [3.05, 3.63) is 77.5 Å². The van der Waals surface area contributed by atoms with Gasteiger partial charge in [-0.1, -0.05) is 44.5 Å². The Morgan fingerprint density at radius 2 is 1.78 bits per heavy atom. The third kappa shape index (κ3) is 6.53. The van der Waals surface area contributed by atoms with Crippen molar-refractivity contribution in [2.24, 2.45) is 5.92 Å². The van der Waals surface area contributed by atoms with Crippen molar-refractivity contribution in [3.8, 4) is 11.3 Å². The summed E-state index contributed by atoms with van der Waals surface area (Å²) in [6.07, 6.45) is 1.94. The molecule has 1 aliphatic rings. The summed E-state index contributed by atoms with van der Waals surface area (Å²) >= 11 is 5.99.